The van der Waals surface area contributed by atoms with E-state index in [0.717, 1.165) is 33.2 Å². The number of fused-ring (bicyclic) bond motifs is 3. The van der Waals surface area contributed by atoms with Crippen LogP contribution in [-0.2, 0) is 7.05 Å². The maximum atomic E-state index is 14.0. The third kappa shape index (κ3) is 2.26. The molecule has 2 aromatic carbocycles. The fourth-order valence-electron chi connectivity index (χ4n) is 3.56. The van der Waals surface area contributed by atoms with Crippen LogP contribution in [0.25, 0.3) is 33.2 Å². The van der Waals surface area contributed by atoms with Crippen molar-refractivity contribution in [1.29, 1.82) is 0 Å². The monoisotopic (exact) mass is 334 g/mol. The summed E-state index contributed by atoms with van der Waals surface area (Å²) in [5.41, 5.74) is 7.81. The molecule has 0 saturated carbocycles. The Morgan fingerprint density at radius 2 is 1.52 bits per heavy atom. The van der Waals surface area contributed by atoms with E-state index >= 15 is 0 Å². The highest BCUT2D eigenvalue weighted by Crippen LogP contribution is 2.38. The minimum Gasteiger partial charge on any atom is -0.455 e. The second-order valence-corrected chi connectivity index (χ2v) is 6.92. The number of aryl methyl sites for hydroxylation is 5. The van der Waals surface area contributed by atoms with Crippen LogP contribution >= 0.6 is 0 Å². The molecule has 126 valence electrons. The molecule has 0 atom stereocenters. The van der Waals surface area contributed by atoms with Crippen LogP contribution in [0.1, 0.15) is 22.3 Å². The Morgan fingerprint density at radius 1 is 0.840 bits per heavy atom. The summed E-state index contributed by atoms with van der Waals surface area (Å²) in [6, 6.07) is 9.70. The molecule has 25 heavy (non-hydrogen) atoms. The van der Waals surface area contributed by atoms with E-state index in [-0.39, 0.29) is 5.82 Å². The molecule has 0 aliphatic rings. The summed E-state index contributed by atoms with van der Waals surface area (Å²) in [7, 11) is 2.05. The Balaban J connectivity index is 2.16. The third-order valence-electron chi connectivity index (χ3n) is 5.20. The molecule has 0 fully saturated rings. The quantitative estimate of drug-likeness (QED) is 0.423. The summed E-state index contributed by atoms with van der Waals surface area (Å²) in [5, 5.41) is 1.98. The summed E-state index contributed by atoms with van der Waals surface area (Å²) in [6.07, 6.45) is 2.14. The number of aromatic nitrogens is 1. The molecule has 4 rings (SSSR count). The van der Waals surface area contributed by atoms with Crippen LogP contribution in [0, 0.1) is 33.5 Å². The number of nitrogens with zero attached hydrogens (tertiary/aromatic N) is 1. The minimum atomic E-state index is -0.235. The van der Waals surface area contributed by atoms with Gasteiger partial charge in [-0.15, -0.1) is 0 Å². The van der Waals surface area contributed by atoms with Crippen molar-refractivity contribution >= 4 is 21.9 Å². The zero-order valence-electron chi connectivity index (χ0n) is 15.2. The Kier molecular flexibility index (Phi) is 3.43. The summed E-state index contributed by atoms with van der Waals surface area (Å²) in [6.45, 7) is 8.08. The van der Waals surface area contributed by atoms with Crippen molar-refractivity contribution in [2.75, 3.05) is 0 Å². The van der Waals surface area contributed by atoms with Gasteiger partial charge in [-0.05, 0) is 51.0 Å². The third-order valence-corrected chi connectivity index (χ3v) is 5.20. The highest BCUT2D eigenvalue weighted by atomic mass is 19.1. The van der Waals surface area contributed by atoms with Crippen molar-refractivity contribution in [1.82, 2.24) is 0 Å². The predicted octanol–water partition coefficient (Wildman–Crippen LogP) is 5.45. The van der Waals surface area contributed by atoms with Crippen LogP contribution in [0.15, 0.2) is 40.9 Å². The van der Waals surface area contributed by atoms with Gasteiger partial charge < -0.3 is 4.42 Å². The summed E-state index contributed by atoms with van der Waals surface area (Å²) < 4.78 is 22.3. The van der Waals surface area contributed by atoms with Gasteiger partial charge in [0.2, 0.25) is 5.69 Å². The lowest BCUT2D eigenvalue weighted by Gasteiger charge is -2.07. The van der Waals surface area contributed by atoms with E-state index in [9.17, 15) is 4.39 Å². The van der Waals surface area contributed by atoms with Gasteiger partial charge in [-0.25, -0.2) is 8.96 Å². The van der Waals surface area contributed by atoms with Gasteiger partial charge in [-0.1, -0.05) is 12.1 Å². The molecule has 0 spiro atoms. The number of hydrogen-bond acceptors (Lipinski definition) is 1. The van der Waals surface area contributed by atoms with E-state index < -0.39 is 0 Å². The van der Waals surface area contributed by atoms with E-state index in [0.29, 0.717) is 11.1 Å². The molecule has 3 heteroatoms. The van der Waals surface area contributed by atoms with Crippen molar-refractivity contribution in [3.8, 4) is 11.3 Å². The molecule has 0 amide bonds. The Labute approximate surface area is 146 Å². The maximum absolute atomic E-state index is 14.0. The van der Waals surface area contributed by atoms with Gasteiger partial charge in [0.05, 0.1) is 5.56 Å². The van der Waals surface area contributed by atoms with E-state index in [4.69, 9.17) is 4.42 Å². The topological polar surface area (TPSA) is 17.0 Å². The molecule has 0 aliphatic carbocycles. The Morgan fingerprint density at radius 3 is 2.28 bits per heavy atom. The molecule has 4 aromatic rings. The molecule has 0 radical (unpaired) electrons. The van der Waals surface area contributed by atoms with Crippen LogP contribution in [0.5, 0.6) is 0 Å². The molecule has 0 N–H and O–H groups in total. The average molecular weight is 334 g/mol. The molecule has 0 saturated heterocycles. The van der Waals surface area contributed by atoms with Gasteiger partial charge in [0.15, 0.2) is 6.20 Å². The van der Waals surface area contributed by atoms with Gasteiger partial charge >= 0.3 is 0 Å². The molecule has 0 aliphatic heterocycles. The summed E-state index contributed by atoms with van der Waals surface area (Å²) in [4.78, 5) is 0. The zero-order valence-corrected chi connectivity index (χ0v) is 15.2. The van der Waals surface area contributed by atoms with Crippen LogP contribution in [0.4, 0.5) is 4.39 Å². The minimum absolute atomic E-state index is 0.235. The van der Waals surface area contributed by atoms with E-state index in [2.05, 4.69) is 49.7 Å². The lowest BCUT2D eigenvalue weighted by Crippen LogP contribution is -2.31. The SMILES string of the molecule is Cc1cc(-c2c(C)ccc3c2oc2c(C)c(F)ccc23)[n+](C)cc1C. The Bertz CT molecular complexity index is 1150. The predicted molar refractivity (Wildman–Crippen MR) is 99.2 cm³/mol. The summed E-state index contributed by atoms with van der Waals surface area (Å²) >= 11 is 0. The van der Waals surface area contributed by atoms with E-state index in [1.807, 2.05) is 13.1 Å². The molecule has 2 aromatic heterocycles. The fraction of sp³-hybridized carbons (Fsp3) is 0.227. The second-order valence-electron chi connectivity index (χ2n) is 6.92. The number of hydrogen-bond donors (Lipinski definition) is 0. The fourth-order valence-corrected chi connectivity index (χ4v) is 3.56. The first-order valence-electron chi connectivity index (χ1n) is 8.46. The van der Waals surface area contributed by atoms with Gasteiger partial charge in [0, 0.05) is 28.0 Å². The molecule has 0 unspecified atom stereocenters. The van der Waals surface area contributed by atoms with Crippen molar-refractivity contribution in [2.24, 2.45) is 7.05 Å². The average Bonchev–Trinajstić information content (AvgIpc) is 2.94. The lowest BCUT2D eigenvalue weighted by atomic mass is 9.99. The van der Waals surface area contributed by atoms with E-state index in [1.165, 1.54) is 17.2 Å². The molecular formula is C22H21FNO+. The van der Waals surface area contributed by atoms with Crippen LogP contribution in [0.3, 0.4) is 0 Å². The van der Waals surface area contributed by atoms with Gasteiger partial charge in [0.25, 0.3) is 0 Å². The molecule has 2 nitrogen and oxygen atoms in total. The number of pyridine rings is 1. The van der Waals surface area contributed by atoms with Crippen LogP contribution < -0.4 is 4.57 Å². The summed E-state index contributed by atoms with van der Waals surface area (Å²) in [5.74, 6) is -0.235. The van der Waals surface area contributed by atoms with Crippen molar-refractivity contribution in [2.45, 2.75) is 27.7 Å². The standard InChI is InChI=1S/C22H21FNO/c1-12-6-7-17-16-8-9-18(23)15(4)21(16)25-22(17)20(12)19-10-13(2)14(3)11-24(19)5/h6-11H,1-5H3/q+1. The van der Waals surface area contributed by atoms with Gasteiger partial charge in [0.1, 0.15) is 24.0 Å². The van der Waals surface area contributed by atoms with Crippen molar-refractivity contribution in [3.63, 3.8) is 0 Å². The van der Waals surface area contributed by atoms with Crippen molar-refractivity contribution in [3.05, 3.63) is 64.6 Å². The number of benzene rings is 2. The van der Waals surface area contributed by atoms with Gasteiger partial charge in [-0.3, -0.25) is 0 Å². The number of rotatable bonds is 1. The van der Waals surface area contributed by atoms with Crippen LogP contribution in [0.2, 0.25) is 0 Å². The maximum Gasteiger partial charge on any atom is 0.216 e. The largest absolute Gasteiger partial charge is 0.455 e. The first-order chi connectivity index (χ1) is 11.9. The second kappa shape index (κ2) is 5.41. The molecular weight excluding hydrogens is 313 g/mol. The van der Waals surface area contributed by atoms with E-state index in [1.54, 1.807) is 6.92 Å². The first kappa shape index (κ1) is 15.8. The smallest absolute Gasteiger partial charge is 0.216 e. The highest BCUT2D eigenvalue weighted by molar-refractivity contribution is 6.10. The van der Waals surface area contributed by atoms with Gasteiger partial charge in [-0.2, -0.15) is 0 Å². The lowest BCUT2D eigenvalue weighted by molar-refractivity contribution is -0.660. The molecule has 2 heterocycles. The first-order valence-corrected chi connectivity index (χ1v) is 8.46. The Hall–Kier alpha value is -2.68. The van der Waals surface area contributed by atoms with Crippen LogP contribution in [-0.4, -0.2) is 0 Å². The van der Waals surface area contributed by atoms with Crippen molar-refractivity contribution < 1.29 is 13.4 Å². The highest BCUT2D eigenvalue weighted by Gasteiger charge is 2.22. The number of halogens is 1. The normalized spacial score (nSPS) is 11.6. The molecule has 0 bridgehead atoms. The zero-order chi connectivity index (χ0) is 17.9. The number of furan rings is 1.